The average molecular weight is 397 g/mol. The molecular weight excluding hydrogens is 376 g/mol. The third-order valence-corrected chi connectivity index (χ3v) is 5.33. The molecule has 0 atom stereocenters. The van der Waals surface area contributed by atoms with Crippen LogP contribution in [0.4, 0.5) is 5.69 Å². The maximum atomic E-state index is 12.6. The predicted octanol–water partition coefficient (Wildman–Crippen LogP) is 3.30. The first kappa shape index (κ1) is 20.2. The van der Waals surface area contributed by atoms with E-state index in [2.05, 4.69) is 10.0 Å². The molecule has 0 bridgehead atoms. The van der Waals surface area contributed by atoms with E-state index in [1.54, 1.807) is 30.3 Å². The molecule has 0 aliphatic rings. The number of carbonyl (C=O) groups excluding carboxylic acids is 1. The zero-order chi connectivity index (χ0) is 19.0. The van der Waals surface area contributed by atoms with Gasteiger partial charge in [-0.25, -0.2) is 8.42 Å². The van der Waals surface area contributed by atoms with E-state index < -0.39 is 10.0 Å². The van der Waals surface area contributed by atoms with Crippen LogP contribution in [0.3, 0.4) is 0 Å². The molecule has 8 heteroatoms. The van der Waals surface area contributed by atoms with Crippen LogP contribution >= 0.6 is 11.6 Å². The van der Waals surface area contributed by atoms with E-state index >= 15 is 0 Å². The summed E-state index contributed by atoms with van der Waals surface area (Å²) in [5.74, 6) is -0.366. The van der Waals surface area contributed by atoms with Gasteiger partial charge in [-0.3, -0.25) is 9.52 Å². The van der Waals surface area contributed by atoms with Gasteiger partial charge in [0.2, 0.25) is 0 Å². The highest BCUT2D eigenvalue weighted by molar-refractivity contribution is 7.92. The van der Waals surface area contributed by atoms with Crippen molar-refractivity contribution in [3.63, 3.8) is 0 Å². The van der Waals surface area contributed by atoms with Crippen LogP contribution in [0.15, 0.2) is 53.4 Å². The van der Waals surface area contributed by atoms with Gasteiger partial charge in [-0.1, -0.05) is 29.8 Å². The number of sulfonamides is 1. The number of amides is 1. The molecule has 0 aliphatic carbocycles. The van der Waals surface area contributed by atoms with Gasteiger partial charge in [-0.05, 0) is 43.7 Å². The average Bonchev–Trinajstić information content (AvgIpc) is 2.62. The molecule has 6 nitrogen and oxygen atoms in total. The second kappa shape index (κ2) is 9.56. The highest BCUT2D eigenvalue weighted by Gasteiger charge is 2.20. The lowest BCUT2D eigenvalue weighted by Crippen LogP contribution is -2.25. The van der Waals surface area contributed by atoms with E-state index in [1.165, 1.54) is 18.2 Å². The van der Waals surface area contributed by atoms with Crippen molar-refractivity contribution < 1.29 is 17.9 Å². The lowest BCUT2D eigenvalue weighted by molar-refractivity contribution is 0.0944. The van der Waals surface area contributed by atoms with Crippen molar-refractivity contribution in [2.24, 2.45) is 0 Å². The standard InChI is InChI=1S/C18H21ClN2O4S/c1-2-25-12-6-11-20-18(22)14-9-10-16(19)17(13-14)26(23,24)21-15-7-4-3-5-8-15/h3-5,7-10,13,21H,2,6,11-12H2,1H3,(H,20,22). The largest absolute Gasteiger partial charge is 0.382 e. The van der Waals surface area contributed by atoms with Crippen LogP contribution < -0.4 is 10.0 Å². The van der Waals surface area contributed by atoms with E-state index in [4.69, 9.17) is 16.3 Å². The molecule has 1 amide bonds. The summed E-state index contributed by atoms with van der Waals surface area (Å²) in [4.78, 5) is 12.1. The summed E-state index contributed by atoms with van der Waals surface area (Å²) in [6.45, 7) is 3.52. The molecule has 2 N–H and O–H groups in total. The maximum absolute atomic E-state index is 12.6. The van der Waals surface area contributed by atoms with Crippen LogP contribution in [0.1, 0.15) is 23.7 Å². The monoisotopic (exact) mass is 396 g/mol. The summed E-state index contributed by atoms with van der Waals surface area (Å²) in [6, 6.07) is 12.6. The Morgan fingerprint density at radius 2 is 1.88 bits per heavy atom. The first-order valence-corrected chi connectivity index (χ1v) is 10.0. The molecule has 2 rings (SSSR count). The SMILES string of the molecule is CCOCCCNC(=O)c1ccc(Cl)c(S(=O)(=O)Nc2ccccc2)c1. The Bertz CT molecular complexity index is 842. The highest BCUT2D eigenvalue weighted by Crippen LogP contribution is 2.25. The fourth-order valence-corrected chi connectivity index (χ4v) is 3.77. The first-order valence-electron chi connectivity index (χ1n) is 8.17. The van der Waals surface area contributed by atoms with Gasteiger partial charge in [0.1, 0.15) is 4.90 Å². The highest BCUT2D eigenvalue weighted by atomic mass is 35.5. The summed E-state index contributed by atoms with van der Waals surface area (Å²) in [6.07, 6.45) is 0.674. The van der Waals surface area contributed by atoms with Crippen LogP contribution in [-0.2, 0) is 14.8 Å². The van der Waals surface area contributed by atoms with E-state index in [0.717, 1.165) is 0 Å². The van der Waals surface area contributed by atoms with Crippen molar-refractivity contribution in [2.75, 3.05) is 24.5 Å². The lowest BCUT2D eigenvalue weighted by atomic mass is 10.2. The van der Waals surface area contributed by atoms with Crippen molar-refractivity contribution in [3.8, 4) is 0 Å². The molecule has 2 aromatic carbocycles. The maximum Gasteiger partial charge on any atom is 0.263 e. The molecule has 0 saturated carbocycles. The summed E-state index contributed by atoms with van der Waals surface area (Å²) >= 11 is 6.05. The third-order valence-electron chi connectivity index (χ3n) is 3.46. The Hall–Kier alpha value is -2.09. The van der Waals surface area contributed by atoms with Crippen LogP contribution in [0, 0.1) is 0 Å². The second-order valence-corrected chi connectivity index (χ2v) is 7.48. The molecule has 0 radical (unpaired) electrons. The number of carbonyl (C=O) groups is 1. The number of hydrogen-bond acceptors (Lipinski definition) is 4. The molecule has 0 aromatic heterocycles. The van der Waals surface area contributed by atoms with Crippen LogP contribution in [0.5, 0.6) is 0 Å². The number of rotatable bonds is 9. The van der Waals surface area contributed by atoms with Crippen molar-refractivity contribution >= 4 is 33.2 Å². The summed E-state index contributed by atoms with van der Waals surface area (Å²) in [5, 5.41) is 2.77. The molecule has 26 heavy (non-hydrogen) atoms. The minimum absolute atomic E-state index is 0.0429. The number of benzene rings is 2. The van der Waals surface area contributed by atoms with E-state index in [-0.39, 0.29) is 21.4 Å². The topological polar surface area (TPSA) is 84.5 Å². The molecule has 2 aromatic rings. The molecule has 0 aliphatic heterocycles. The smallest absolute Gasteiger partial charge is 0.263 e. The van der Waals surface area contributed by atoms with Crippen LogP contribution in [-0.4, -0.2) is 34.1 Å². The molecule has 0 fully saturated rings. The first-order chi connectivity index (χ1) is 12.4. The van der Waals surface area contributed by atoms with Gasteiger partial charge in [0.05, 0.1) is 5.02 Å². The Balaban J connectivity index is 2.12. The normalized spacial score (nSPS) is 11.2. The fourth-order valence-electron chi connectivity index (χ4n) is 2.19. The van der Waals surface area contributed by atoms with Crippen molar-refractivity contribution in [3.05, 3.63) is 59.1 Å². The van der Waals surface area contributed by atoms with Gasteiger partial charge in [-0.2, -0.15) is 0 Å². The third kappa shape index (κ3) is 5.72. The number of hydrogen-bond donors (Lipinski definition) is 2. The second-order valence-electron chi connectivity index (χ2n) is 5.42. The van der Waals surface area contributed by atoms with Gasteiger partial charge in [0.25, 0.3) is 15.9 Å². The van der Waals surface area contributed by atoms with Gasteiger partial charge < -0.3 is 10.1 Å². The van der Waals surface area contributed by atoms with Crippen molar-refractivity contribution in [1.82, 2.24) is 5.32 Å². The molecule has 0 unspecified atom stereocenters. The Morgan fingerprint density at radius 3 is 2.58 bits per heavy atom. The fraction of sp³-hybridized carbons (Fsp3) is 0.278. The molecule has 0 spiro atoms. The zero-order valence-corrected chi connectivity index (χ0v) is 15.9. The van der Waals surface area contributed by atoms with E-state index in [0.29, 0.717) is 31.9 Å². The van der Waals surface area contributed by atoms with Crippen molar-refractivity contribution in [1.29, 1.82) is 0 Å². The minimum Gasteiger partial charge on any atom is -0.382 e. The summed E-state index contributed by atoms with van der Waals surface area (Å²) in [5.41, 5.74) is 0.633. The number of anilines is 1. The number of nitrogens with one attached hydrogen (secondary N) is 2. The van der Waals surface area contributed by atoms with Crippen LogP contribution in [0.25, 0.3) is 0 Å². The Kier molecular flexibility index (Phi) is 7.44. The predicted molar refractivity (Wildman–Crippen MR) is 102 cm³/mol. The van der Waals surface area contributed by atoms with Crippen molar-refractivity contribution in [2.45, 2.75) is 18.2 Å². The summed E-state index contributed by atoms with van der Waals surface area (Å²) < 4.78 is 32.8. The van der Waals surface area contributed by atoms with E-state index in [9.17, 15) is 13.2 Å². The number of halogens is 1. The zero-order valence-electron chi connectivity index (χ0n) is 14.4. The van der Waals surface area contributed by atoms with E-state index in [1.807, 2.05) is 6.92 Å². The van der Waals surface area contributed by atoms with Gasteiger partial charge >= 0.3 is 0 Å². The molecule has 0 heterocycles. The minimum atomic E-state index is -3.91. The Morgan fingerprint density at radius 1 is 1.15 bits per heavy atom. The quantitative estimate of drug-likeness (QED) is 0.637. The van der Waals surface area contributed by atoms with Gasteiger partial charge in [-0.15, -0.1) is 0 Å². The molecule has 140 valence electrons. The molecule has 0 saturated heterocycles. The van der Waals surface area contributed by atoms with Gasteiger partial charge in [0.15, 0.2) is 0 Å². The summed E-state index contributed by atoms with van der Waals surface area (Å²) in [7, 11) is -3.91. The number of para-hydroxylation sites is 1. The lowest BCUT2D eigenvalue weighted by Gasteiger charge is -2.11. The van der Waals surface area contributed by atoms with Crippen LogP contribution in [0.2, 0.25) is 5.02 Å². The van der Waals surface area contributed by atoms with Gasteiger partial charge in [0, 0.05) is 31.0 Å². The number of ether oxygens (including phenoxy) is 1. The molecular formula is C18H21ClN2O4S. The Labute approximate surface area is 158 Å².